The Morgan fingerprint density at radius 1 is 1.26 bits per heavy atom. The second-order valence-electron chi connectivity index (χ2n) is 6.41. The van der Waals surface area contributed by atoms with Crippen molar-refractivity contribution in [2.75, 3.05) is 33.9 Å². The van der Waals surface area contributed by atoms with Crippen molar-refractivity contribution in [1.29, 1.82) is 0 Å². The summed E-state index contributed by atoms with van der Waals surface area (Å²) in [6.07, 6.45) is 2.85. The minimum absolute atomic E-state index is 0.00383. The Hall–Kier alpha value is -1.75. The maximum Gasteiger partial charge on any atom is 0.220 e. The molecule has 1 aliphatic heterocycles. The highest BCUT2D eigenvalue weighted by molar-refractivity contribution is 5.76. The van der Waals surface area contributed by atoms with Crippen LogP contribution >= 0.6 is 0 Å². The highest BCUT2D eigenvalue weighted by Gasteiger charge is 2.20. The van der Waals surface area contributed by atoms with E-state index in [1.165, 1.54) is 0 Å². The Morgan fingerprint density at radius 2 is 1.87 bits per heavy atom. The van der Waals surface area contributed by atoms with Gasteiger partial charge < -0.3 is 19.7 Å². The van der Waals surface area contributed by atoms with Crippen molar-refractivity contribution < 1.29 is 14.3 Å². The largest absolute Gasteiger partial charge is 0.497 e. The summed E-state index contributed by atoms with van der Waals surface area (Å²) in [4.78, 5) is 14.4. The van der Waals surface area contributed by atoms with Gasteiger partial charge in [-0.1, -0.05) is 0 Å². The molecule has 5 nitrogen and oxygen atoms in total. The first-order chi connectivity index (χ1) is 11.1. The average Bonchev–Trinajstić information content (AvgIpc) is 2.55. The fourth-order valence-corrected chi connectivity index (χ4v) is 2.80. The van der Waals surface area contributed by atoms with Crippen LogP contribution in [0.5, 0.6) is 11.5 Å². The number of carbonyl (C=O) groups excluding carboxylic acids is 1. The SMILES string of the molecule is COc1ccc(OC[C@H](C)NC(=O)CC2CCN(C)CC2)cc1. The summed E-state index contributed by atoms with van der Waals surface area (Å²) in [5, 5.41) is 3.03. The molecule has 1 aliphatic rings. The molecule has 1 amide bonds. The minimum atomic E-state index is -0.00383. The first-order valence-electron chi connectivity index (χ1n) is 8.31. The number of rotatable bonds is 7. The number of nitrogens with zero attached hydrogens (tertiary/aromatic N) is 1. The zero-order chi connectivity index (χ0) is 16.7. The topological polar surface area (TPSA) is 50.8 Å². The van der Waals surface area contributed by atoms with Crippen LogP contribution in [0.4, 0.5) is 0 Å². The van der Waals surface area contributed by atoms with Gasteiger partial charge in [0.25, 0.3) is 0 Å². The lowest BCUT2D eigenvalue weighted by molar-refractivity contribution is -0.123. The Bertz CT molecular complexity index is 482. The zero-order valence-electron chi connectivity index (χ0n) is 14.4. The molecule has 1 heterocycles. The normalized spacial score (nSPS) is 17.5. The van der Waals surface area contributed by atoms with Crippen LogP contribution in [0.1, 0.15) is 26.2 Å². The predicted octanol–water partition coefficient (Wildman–Crippen LogP) is 2.31. The lowest BCUT2D eigenvalue weighted by Crippen LogP contribution is -2.39. The second kappa shape index (κ2) is 8.77. The number of hydrogen-bond acceptors (Lipinski definition) is 4. The number of nitrogens with one attached hydrogen (secondary N) is 1. The van der Waals surface area contributed by atoms with E-state index in [1.54, 1.807) is 7.11 Å². The smallest absolute Gasteiger partial charge is 0.220 e. The fraction of sp³-hybridized carbons (Fsp3) is 0.611. The van der Waals surface area contributed by atoms with Crippen LogP contribution in [0.2, 0.25) is 0 Å². The van der Waals surface area contributed by atoms with Gasteiger partial charge in [0.2, 0.25) is 5.91 Å². The van der Waals surface area contributed by atoms with Crippen LogP contribution in [-0.2, 0) is 4.79 Å². The Labute approximate surface area is 139 Å². The van der Waals surface area contributed by atoms with Gasteiger partial charge in [0.15, 0.2) is 0 Å². The molecule has 0 spiro atoms. The molecule has 0 radical (unpaired) electrons. The summed E-state index contributed by atoms with van der Waals surface area (Å²) < 4.78 is 10.8. The number of carbonyl (C=O) groups is 1. The third kappa shape index (κ3) is 6.10. The lowest BCUT2D eigenvalue weighted by atomic mass is 9.93. The van der Waals surface area contributed by atoms with Crippen molar-refractivity contribution in [2.45, 2.75) is 32.2 Å². The van der Waals surface area contributed by atoms with Crippen LogP contribution in [-0.4, -0.2) is 50.7 Å². The van der Waals surface area contributed by atoms with E-state index in [0.29, 0.717) is 18.9 Å². The van der Waals surface area contributed by atoms with E-state index in [1.807, 2.05) is 31.2 Å². The monoisotopic (exact) mass is 320 g/mol. The van der Waals surface area contributed by atoms with Crippen molar-refractivity contribution in [3.8, 4) is 11.5 Å². The van der Waals surface area contributed by atoms with E-state index in [0.717, 1.165) is 37.4 Å². The molecule has 0 bridgehead atoms. The molecule has 0 aliphatic carbocycles. The fourth-order valence-electron chi connectivity index (χ4n) is 2.80. The van der Waals surface area contributed by atoms with Crippen molar-refractivity contribution in [1.82, 2.24) is 10.2 Å². The van der Waals surface area contributed by atoms with Gasteiger partial charge in [-0.15, -0.1) is 0 Å². The minimum Gasteiger partial charge on any atom is -0.497 e. The average molecular weight is 320 g/mol. The molecule has 1 aromatic rings. The maximum atomic E-state index is 12.1. The third-order valence-electron chi connectivity index (χ3n) is 4.28. The van der Waals surface area contributed by atoms with Gasteiger partial charge in [0, 0.05) is 6.42 Å². The standard InChI is InChI=1S/C18H28N2O3/c1-14(13-23-17-6-4-16(22-3)5-7-17)19-18(21)12-15-8-10-20(2)11-9-15/h4-7,14-15H,8-13H2,1-3H3,(H,19,21)/t14-/m0/s1. The van der Waals surface area contributed by atoms with Crippen LogP contribution in [0, 0.1) is 5.92 Å². The summed E-state index contributed by atoms with van der Waals surface area (Å²) in [5.41, 5.74) is 0. The van der Waals surface area contributed by atoms with Crippen molar-refractivity contribution in [2.24, 2.45) is 5.92 Å². The van der Waals surface area contributed by atoms with Crippen molar-refractivity contribution >= 4 is 5.91 Å². The van der Waals surface area contributed by atoms with Gasteiger partial charge in [0.1, 0.15) is 18.1 Å². The molecule has 1 fully saturated rings. The van der Waals surface area contributed by atoms with Crippen molar-refractivity contribution in [3.05, 3.63) is 24.3 Å². The molecule has 0 aromatic heterocycles. The lowest BCUT2D eigenvalue weighted by Gasteiger charge is -2.28. The summed E-state index contributed by atoms with van der Waals surface area (Å²) in [6.45, 7) is 4.61. The van der Waals surface area contributed by atoms with Crippen LogP contribution in [0.3, 0.4) is 0 Å². The number of methoxy groups -OCH3 is 1. The number of ether oxygens (including phenoxy) is 2. The molecule has 23 heavy (non-hydrogen) atoms. The summed E-state index contributed by atoms with van der Waals surface area (Å²) in [5.74, 6) is 2.23. The number of benzene rings is 1. The summed E-state index contributed by atoms with van der Waals surface area (Å²) in [7, 11) is 3.77. The molecule has 128 valence electrons. The van der Waals surface area contributed by atoms with Gasteiger partial charge in [-0.25, -0.2) is 0 Å². The Balaban J connectivity index is 1.67. The summed E-state index contributed by atoms with van der Waals surface area (Å²) >= 11 is 0. The molecule has 1 N–H and O–H groups in total. The molecule has 0 unspecified atom stereocenters. The molecular weight excluding hydrogens is 292 g/mol. The van der Waals surface area contributed by atoms with E-state index in [2.05, 4.69) is 17.3 Å². The van der Waals surface area contributed by atoms with Crippen molar-refractivity contribution in [3.63, 3.8) is 0 Å². The first kappa shape index (κ1) is 17.6. The highest BCUT2D eigenvalue weighted by Crippen LogP contribution is 2.19. The highest BCUT2D eigenvalue weighted by atomic mass is 16.5. The van der Waals surface area contributed by atoms with Crippen LogP contribution < -0.4 is 14.8 Å². The van der Waals surface area contributed by atoms with Gasteiger partial charge in [0.05, 0.1) is 13.2 Å². The number of likely N-dealkylation sites (tertiary alicyclic amines) is 1. The van der Waals surface area contributed by atoms with E-state index in [9.17, 15) is 4.79 Å². The van der Waals surface area contributed by atoms with E-state index in [4.69, 9.17) is 9.47 Å². The van der Waals surface area contributed by atoms with Crippen LogP contribution in [0.15, 0.2) is 24.3 Å². The molecule has 5 heteroatoms. The summed E-state index contributed by atoms with van der Waals surface area (Å²) in [6, 6.07) is 7.45. The van der Waals surface area contributed by atoms with E-state index >= 15 is 0 Å². The Morgan fingerprint density at radius 3 is 2.48 bits per heavy atom. The third-order valence-corrected chi connectivity index (χ3v) is 4.28. The quantitative estimate of drug-likeness (QED) is 0.837. The molecule has 1 saturated heterocycles. The molecule has 0 saturated carbocycles. The van der Waals surface area contributed by atoms with Gasteiger partial charge in [-0.05, 0) is 70.1 Å². The van der Waals surface area contributed by atoms with E-state index in [-0.39, 0.29) is 11.9 Å². The van der Waals surface area contributed by atoms with Gasteiger partial charge in [-0.3, -0.25) is 4.79 Å². The zero-order valence-corrected chi connectivity index (χ0v) is 14.4. The molecule has 1 atom stereocenters. The molecule has 2 rings (SSSR count). The van der Waals surface area contributed by atoms with E-state index < -0.39 is 0 Å². The Kier molecular flexibility index (Phi) is 6.71. The number of piperidine rings is 1. The maximum absolute atomic E-state index is 12.1. The van der Waals surface area contributed by atoms with Crippen LogP contribution in [0.25, 0.3) is 0 Å². The molecular formula is C18H28N2O3. The second-order valence-corrected chi connectivity index (χ2v) is 6.41. The van der Waals surface area contributed by atoms with Gasteiger partial charge >= 0.3 is 0 Å². The number of amides is 1. The number of hydrogen-bond donors (Lipinski definition) is 1. The molecule has 1 aromatic carbocycles. The first-order valence-corrected chi connectivity index (χ1v) is 8.31. The predicted molar refractivity (Wildman–Crippen MR) is 90.9 cm³/mol. The van der Waals surface area contributed by atoms with Gasteiger partial charge in [-0.2, -0.15) is 0 Å².